The number of hydrogen-bond acceptors (Lipinski definition) is 5. The molecule has 6 nitrogen and oxygen atoms in total. The molecule has 0 aliphatic rings. The smallest absolute Gasteiger partial charge is 0.418 e. The van der Waals surface area contributed by atoms with Crippen molar-refractivity contribution >= 4 is 11.6 Å². The third-order valence-electron chi connectivity index (χ3n) is 4.64. The topological polar surface area (TPSA) is 68.2 Å². The molecule has 0 bridgehead atoms. The number of ether oxygens (including phenoxy) is 1. The summed E-state index contributed by atoms with van der Waals surface area (Å²) in [7, 11) is 1.36. The highest BCUT2D eigenvalue weighted by molar-refractivity contribution is 5.95. The molecule has 0 fully saturated rings. The molecule has 188 valence electrons. The fourth-order valence-corrected chi connectivity index (χ4v) is 2.92. The van der Waals surface area contributed by atoms with E-state index in [4.69, 9.17) is 4.74 Å². The fourth-order valence-electron chi connectivity index (χ4n) is 2.92. The predicted octanol–water partition coefficient (Wildman–Crippen LogP) is 4.68. The molecule has 1 aromatic carbocycles. The van der Waals surface area contributed by atoms with Crippen LogP contribution in [0.25, 0.3) is 0 Å². The van der Waals surface area contributed by atoms with Crippen molar-refractivity contribution < 1.29 is 40.3 Å². The van der Waals surface area contributed by atoms with Gasteiger partial charge in [-0.2, -0.15) is 26.3 Å². The van der Waals surface area contributed by atoms with Crippen molar-refractivity contribution in [2.45, 2.75) is 18.8 Å². The van der Waals surface area contributed by atoms with Crippen molar-refractivity contribution in [1.82, 2.24) is 15.0 Å². The van der Waals surface area contributed by atoms with Gasteiger partial charge in [0.1, 0.15) is 5.82 Å². The number of halogens is 7. The molecule has 0 spiro atoms. The summed E-state index contributed by atoms with van der Waals surface area (Å²) in [6.07, 6.45) is -8.34. The van der Waals surface area contributed by atoms with E-state index >= 15 is 0 Å². The number of methoxy groups -OCH3 is 1. The van der Waals surface area contributed by atoms with Crippen LogP contribution in [0.2, 0.25) is 0 Å². The molecule has 13 heteroatoms. The molecular formula is C23H15F7N4O2. The summed E-state index contributed by atoms with van der Waals surface area (Å²) in [6.45, 7) is -0.349. The summed E-state index contributed by atoms with van der Waals surface area (Å²) in [4.78, 5) is 24.9. The standard InChI is InChI=1S/C23H15F7N4O2/c1-36-21-32-11-14(12-33-21)3-2-8-34(17-6-4-16(24)5-7-17)20(35)10-19-18(23(28,29)30)9-15(13-31-19)22(25,26)27/h4-7,9,11-13H,8,10H2,1H3. The second-order valence-corrected chi connectivity index (χ2v) is 7.11. The highest BCUT2D eigenvalue weighted by atomic mass is 19.4. The Morgan fingerprint density at radius 2 is 1.61 bits per heavy atom. The first kappa shape index (κ1) is 26.4. The Labute approximate surface area is 199 Å². The van der Waals surface area contributed by atoms with E-state index in [1.54, 1.807) is 0 Å². The summed E-state index contributed by atoms with van der Waals surface area (Å²) in [6, 6.07) is 4.46. The van der Waals surface area contributed by atoms with Crippen molar-refractivity contribution in [2.75, 3.05) is 18.6 Å². The van der Waals surface area contributed by atoms with E-state index in [9.17, 15) is 35.5 Å². The van der Waals surface area contributed by atoms with Gasteiger partial charge < -0.3 is 9.64 Å². The van der Waals surface area contributed by atoms with Crippen molar-refractivity contribution in [2.24, 2.45) is 0 Å². The Kier molecular flexibility index (Phi) is 7.77. The summed E-state index contributed by atoms with van der Waals surface area (Å²) < 4.78 is 97.3. The Hall–Kier alpha value is -4.21. The summed E-state index contributed by atoms with van der Waals surface area (Å²) in [5.41, 5.74) is -3.75. The van der Waals surface area contributed by atoms with Crippen LogP contribution in [0.1, 0.15) is 22.4 Å². The molecule has 3 aromatic rings. The van der Waals surface area contributed by atoms with Crippen LogP contribution in [-0.2, 0) is 23.6 Å². The minimum absolute atomic E-state index is 0.0909. The lowest BCUT2D eigenvalue weighted by molar-refractivity contribution is -0.143. The number of anilines is 1. The van der Waals surface area contributed by atoms with Crippen LogP contribution in [0.3, 0.4) is 0 Å². The zero-order chi connectivity index (χ0) is 26.5. The van der Waals surface area contributed by atoms with Gasteiger partial charge in [-0.1, -0.05) is 11.8 Å². The number of amides is 1. The number of benzene rings is 1. The first-order valence-corrected chi connectivity index (χ1v) is 9.92. The van der Waals surface area contributed by atoms with Crippen LogP contribution >= 0.6 is 0 Å². The molecule has 0 aliphatic carbocycles. The van der Waals surface area contributed by atoms with Crippen LogP contribution in [0.5, 0.6) is 6.01 Å². The van der Waals surface area contributed by atoms with Crippen LogP contribution in [0, 0.1) is 17.7 Å². The number of nitrogens with zero attached hydrogens (tertiary/aromatic N) is 4. The molecule has 0 radical (unpaired) electrons. The predicted molar refractivity (Wildman–Crippen MR) is 112 cm³/mol. The zero-order valence-corrected chi connectivity index (χ0v) is 18.3. The minimum Gasteiger partial charge on any atom is -0.467 e. The number of alkyl halides is 6. The normalized spacial score (nSPS) is 11.4. The molecule has 2 aromatic heterocycles. The van der Waals surface area contributed by atoms with E-state index in [1.807, 2.05) is 0 Å². The lowest BCUT2D eigenvalue weighted by atomic mass is 10.1. The van der Waals surface area contributed by atoms with Crippen molar-refractivity contribution in [3.63, 3.8) is 0 Å². The first-order valence-electron chi connectivity index (χ1n) is 9.92. The Balaban J connectivity index is 1.92. The third-order valence-corrected chi connectivity index (χ3v) is 4.64. The molecule has 3 rings (SSSR count). The highest BCUT2D eigenvalue weighted by Crippen LogP contribution is 2.36. The van der Waals surface area contributed by atoms with Crippen LogP contribution in [0.15, 0.2) is 48.9 Å². The van der Waals surface area contributed by atoms with E-state index in [2.05, 4.69) is 26.8 Å². The number of rotatable bonds is 5. The second-order valence-electron chi connectivity index (χ2n) is 7.11. The van der Waals surface area contributed by atoms with E-state index < -0.39 is 47.3 Å². The van der Waals surface area contributed by atoms with Gasteiger partial charge in [0.2, 0.25) is 5.91 Å². The number of carbonyl (C=O) groups excluding carboxylic acids is 1. The van der Waals surface area contributed by atoms with Crippen LogP contribution in [-0.4, -0.2) is 34.5 Å². The molecular weight excluding hydrogens is 497 g/mol. The first-order chi connectivity index (χ1) is 16.9. The quantitative estimate of drug-likeness (QED) is 0.367. The molecule has 0 aliphatic heterocycles. The van der Waals surface area contributed by atoms with Gasteiger partial charge in [-0.25, -0.2) is 14.4 Å². The highest BCUT2D eigenvalue weighted by Gasteiger charge is 2.39. The molecule has 0 atom stereocenters. The molecule has 0 saturated heterocycles. The fraction of sp³-hybridized carbons (Fsp3) is 0.217. The van der Waals surface area contributed by atoms with Gasteiger partial charge in [-0.15, -0.1) is 0 Å². The SMILES string of the molecule is COc1ncc(C#CCN(C(=O)Cc2ncc(C(F)(F)F)cc2C(F)(F)F)c2ccc(F)cc2)cn1. The van der Waals surface area contributed by atoms with Crippen molar-refractivity contribution in [3.8, 4) is 17.9 Å². The van der Waals surface area contributed by atoms with Gasteiger partial charge in [0.05, 0.1) is 42.5 Å². The maximum atomic E-state index is 13.5. The largest absolute Gasteiger partial charge is 0.467 e. The van der Waals surface area contributed by atoms with Gasteiger partial charge in [-0.3, -0.25) is 9.78 Å². The summed E-state index contributed by atoms with van der Waals surface area (Å²) in [5.74, 6) is 3.72. The number of hydrogen-bond donors (Lipinski definition) is 0. The van der Waals surface area contributed by atoms with Gasteiger partial charge in [0.25, 0.3) is 0 Å². The number of aromatic nitrogens is 3. The monoisotopic (exact) mass is 512 g/mol. The maximum absolute atomic E-state index is 13.5. The Morgan fingerprint density at radius 3 is 2.17 bits per heavy atom. The number of carbonyl (C=O) groups is 1. The average molecular weight is 512 g/mol. The van der Waals surface area contributed by atoms with Gasteiger partial charge in [0.15, 0.2) is 0 Å². The van der Waals surface area contributed by atoms with E-state index in [0.29, 0.717) is 5.56 Å². The Bertz CT molecular complexity index is 1280. The summed E-state index contributed by atoms with van der Waals surface area (Å²) >= 11 is 0. The lowest BCUT2D eigenvalue weighted by Gasteiger charge is -2.21. The molecule has 0 unspecified atom stereocenters. The molecule has 0 N–H and O–H groups in total. The second kappa shape index (κ2) is 10.6. The van der Waals surface area contributed by atoms with E-state index in [0.717, 1.165) is 17.0 Å². The third kappa shape index (κ3) is 6.68. The lowest BCUT2D eigenvalue weighted by Crippen LogP contribution is -2.33. The molecule has 36 heavy (non-hydrogen) atoms. The number of pyridine rings is 1. The average Bonchev–Trinajstić information content (AvgIpc) is 2.82. The Morgan fingerprint density at radius 1 is 0.972 bits per heavy atom. The molecule has 0 saturated carbocycles. The van der Waals surface area contributed by atoms with Gasteiger partial charge in [0, 0.05) is 24.3 Å². The van der Waals surface area contributed by atoms with Crippen LogP contribution in [0.4, 0.5) is 36.4 Å². The summed E-state index contributed by atoms with van der Waals surface area (Å²) in [5, 5.41) is 0. The maximum Gasteiger partial charge on any atom is 0.418 e. The minimum atomic E-state index is -5.20. The van der Waals surface area contributed by atoms with Gasteiger partial charge >= 0.3 is 18.4 Å². The molecule has 1 amide bonds. The van der Waals surface area contributed by atoms with Crippen LogP contribution < -0.4 is 9.64 Å². The van der Waals surface area contributed by atoms with E-state index in [1.165, 1.54) is 31.6 Å². The zero-order valence-electron chi connectivity index (χ0n) is 18.3. The van der Waals surface area contributed by atoms with E-state index in [-0.39, 0.29) is 30.5 Å². The van der Waals surface area contributed by atoms with Crippen molar-refractivity contribution in [3.05, 3.63) is 77.1 Å². The van der Waals surface area contributed by atoms with Crippen molar-refractivity contribution in [1.29, 1.82) is 0 Å². The van der Waals surface area contributed by atoms with Gasteiger partial charge in [-0.05, 0) is 30.3 Å². The molecule has 2 heterocycles.